The minimum Gasteiger partial charge on any atom is -0.481 e. The fourth-order valence-electron chi connectivity index (χ4n) is 2.89. The Morgan fingerprint density at radius 3 is 2.32 bits per heavy atom. The fourth-order valence-corrected chi connectivity index (χ4v) is 2.89. The molecule has 0 aliphatic rings. The van der Waals surface area contributed by atoms with Crippen LogP contribution in [-0.2, 0) is 4.79 Å². The second-order valence-electron chi connectivity index (χ2n) is 7.15. The van der Waals surface area contributed by atoms with Crippen molar-refractivity contribution >= 4 is 18.1 Å². The highest BCUT2D eigenvalue weighted by molar-refractivity contribution is 5.69. The van der Waals surface area contributed by atoms with Crippen LogP contribution in [0.15, 0.2) is 60.7 Å². The van der Waals surface area contributed by atoms with Crippen molar-refractivity contribution in [2.24, 2.45) is 5.92 Å². The third-order valence-electron chi connectivity index (χ3n) is 4.74. The van der Waals surface area contributed by atoms with Gasteiger partial charge in [-0.2, -0.15) is 0 Å². The smallest absolute Gasteiger partial charge is 0.306 e. The van der Waals surface area contributed by atoms with E-state index in [1.807, 2.05) is 60.7 Å². The summed E-state index contributed by atoms with van der Waals surface area (Å²) in [7, 11) is 0. The van der Waals surface area contributed by atoms with Gasteiger partial charge in [0, 0.05) is 0 Å². The third kappa shape index (κ3) is 6.82. The number of allylic oxidation sites excluding steroid dienone is 2. The number of aliphatic carboxylic acids is 1. The summed E-state index contributed by atoms with van der Waals surface area (Å²) in [6.07, 6.45) is 11.1. The lowest BCUT2D eigenvalue weighted by molar-refractivity contribution is -0.141. The number of carbonyl (C=O) groups is 1. The highest BCUT2D eigenvalue weighted by atomic mass is 16.4. The maximum Gasteiger partial charge on any atom is 0.306 e. The summed E-state index contributed by atoms with van der Waals surface area (Å²) in [4.78, 5) is 10.8. The maximum atomic E-state index is 10.8. The molecule has 2 aromatic rings. The van der Waals surface area contributed by atoms with Crippen molar-refractivity contribution in [3.63, 3.8) is 0 Å². The molecule has 2 rings (SSSR count). The molecule has 0 aliphatic carbocycles. The van der Waals surface area contributed by atoms with E-state index in [4.69, 9.17) is 5.11 Å². The van der Waals surface area contributed by atoms with Gasteiger partial charge in [-0.1, -0.05) is 87.0 Å². The van der Waals surface area contributed by atoms with Crippen LogP contribution < -0.4 is 0 Å². The molecule has 2 N–H and O–H groups in total. The molecule has 0 saturated carbocycles. The SMILES string of the molecule is CCCC=Cc1ccc(C(O)c2cccc(C=CCCC(C)C(=O)O)c2)cc1. The molecule has 2 aromatic carbocycles. The standard InChI is InChI=1S/C25H30O3/c1-3-4-5-10-20-14-16-22(17-15-20)24(26)23-13-8-12-21(18-23)11-7-6-9-19(2)25(27)28/h5,7-8,10-19,24,26H,3-4,6,9H2,1-2H3,(H,27,28). The van der Waals surface area contributed by atoms with E-state index in [-0.39, 0.29) is 5.92 Å². The van der Waals surface area contributed by atoms with E-state index in [1.165, 1.54) is 0 Å². The molecule has 0 fully saturated rings. The summed E-state index contributed by atoms with van der Waals surface area (Å²) in [5.41, 5.74) is 3.84. The number of hydrogen-bond donors (Lipinski definition) is 2. The van der Waals surface area contributed by atoms with Crippen LogP contribution in [-0.4, -0.2) is 16.2 Å². The summed E-state index contributed by atoms with van der Waals surface area (Å²) in [5, 5.41) is 19.6. The van der Waals surface area contributed by atoms with Crippen molar-refractivity contribution < 1.29 is 15.0 Å². The second kappa shape index (κ2) is 11.3. The van der Waals surface area contributed by atoms with Crippen molar-refractivity contribution in [2.45, 2.75) is 45.6 Å². The molecule has 0 spiro atoms. The zero-order valence-corrected chi connectivity index (χ0v) is 16.7. The largest absolute Gasteiger partial charge is 0.481 e. The summed E-state index contributed by atoms with van der Waals surface area (Å²) < 4.78 is 0. The molecule has 3 heteroatoms. The monoisotopic (exact) mass is 378 g/mol. The summed E-state index contributed by atoms with van der Waals surface area (Å²) in [6, 6.07) is 15.8. The zero-order valence-electron chi connectivity index (χ0n) is 16.7. The van der Waals surface area contributed by atoms with E-state index in [1.54, 1.807) is 6.92 Å². The second-order valence-corrected chi connectivity index (χ2v) is 7.15. The Kier molecular flexibility index (Phi) is 8.70. The van der Waals surface area contributed by atoms with E-state index >= 15 is 0 Å². The number of carboxylic acid groups (broad SMARTS) is 1. The number of unbranched alkanes of at least 4 members (excludes halogenated alkanes) is 1. The topological polar surface area (TPSA) is 57.5 Å². The number of aliphatic hydroxyl groups excluding tert-OH is 1. The number of carboxylic acids is 1. The molecular weight excluding hydrogens is 348 g/mol. The van der Waals surface area contributed by atoms with Gasteiger partial charge in [-0.05, 0) is 47.6 Å². The molecule has 148 valence electrons. The quantitative estimate of drug-likeness (QED) is 0.525. The first-order valence-corrected chi connectivity index (χ1v) is 9.95. The minimum absolute atomic E-state index is 0.336. The molecule has 28 heavy (non-hydrogen) atoms. The first kappa shape index (κ1) is 21.6. The summed E-state index contributed by atoms with van der Waals surface area (Å²) in [5.74, 6) is -1.09. The molecule has 0 aliphatic heterocycles. The Balaban J connectivity index is 2.01. The fraction of sp³-hybridized carbons (Fsp3) is 0.320. The molecule has 0 amide bonds. The van der Waals surface area contributed by atoms with Gasteiger partial charge < -0.3 is 10.2 Å². The van der Waals surface area contributed by atoms with E-state index in [2.05, 4.69) is 19.1 Å². The lowest BCUT2D eigenvalue weighted by Gasteiger charge is -2.12. The molecule has 2 atom stereocenters. The molecule has 0 aromatic heterocycles. The van der Waals surface area contributed by atoms with Crippen molar-refractivity contribution in [1.82, 2.24) is 0 Å². The van der Waals surface area contributed by atoms with E-state index < -0.39 is 12.1 Å². The van der Waals surface area contributed by atoms with Gasteiger partial charge in [0.25, 0.3) is 0 Å². The molecular formula is C25H30O3. The normalized spacial score (nSPS) is 13.8. The van der Waals surface area contributed by atoms with Gasteiger partial charge in [0.1, 0.15) is 6.10 Å². The van der Waals surface area contributed by atoms with Gasteiger partial charge >= 0.3 is 5.97 Å². The lowest BCUT2D eigenvalue weighted by Crippen LogP contribution is -2.08. The van der Waals surface area contributed by atoms with Gasteiger partial charge in [-0.15, -0.1) is 0 Å². The van der Waals surface area contributed by atoms with Gasteiger partial charge in [0.15, 0.2) is 0 Å². The van der Waals surface area contributed by atoms with Crippen molar-refractivity contribution in [1.29, 1.82) is 0 Å². The van der Waals surface area contributed by atoms with Crippen LogP contribution in [0.5, 0.6) is 0 Å². The van der Waals surface area contributed by atoms with E-state index in [0.29, 0.717) is 12.8 Å². The molecule has 2 unspecified atom stereocenters. The van der Waals surface area contributed by atoms with Crippen LogP contribution in [0.3, 0.4) is 0 Å². The van der Waals surface area contributed by atoms with Crippen LogP contribution in [0.1, 0.15) is 67.9 Å². The summed E-state index contributed by atoms with van der Waals surface area (Å²) >= 11 is 0. The predicted octanol–water partition coefficient (Wildman–Crippen LogP) is 6.10. The number of benzene rings is 2. The van der Waals surface area contributed by atoms with Gasteiger partial charge in [0.2, 0.25) is 0 Å². The molecule has 0 radical (unpaired) electrons. The Morgan fingerprint density at radius 2 is 1.64 bits per heavy atom. The average Bonchev–Trinajstić information content (AvgIpc) is 2.71. The maximum absolute atomic E-state index is 10.8. The van der Waals surface area contributed by atoms with Crippen LogP contribution in [0.4, 0.5) is 0 Å². The lowest BCUT2D eigenvalue weighted by atomic mass is 9.98. The van der Waals surface area contributed by atoms with Crippen molar-refractivity contribution in [3.05, 3.63) is 82.9 Å². The van der Waals surface area contributed by atoms with Crippen molar-refractivity contribution in [3.8, 4) is 0 Å². The van der Waals surface area contributed by atoms with Crippen molar-refractivity contribution in [2.75, 3.05) is 0 Å². The molecule has 3 nitrogen and oxygen atoms in total. The van der Waals surface area contributed by atoms with E-state index in [0.717, 1.165) is 35.1 Å². The highest BCUT2D eigenvalue weighted by Crippen LogP contribution is 2.24. The first-order chi connectivity index (χ1) is 13.5. The number of hydrogen-bond acceptors (Lipinski definition) is 2. The van der Waals surface area contributed by atoms with Crippen LogP contribution >= 0.6 is 0 Å². The predicted molar refractivity (Wildman–Crippen MR) is 116 cm³/mol. The minimum atomic E-state index is -0.759. The van der Waals surface area contributed by atoms with Crippen LogP contribution in [0.25, 0.3) is 12.2 Å². The Bertz CT molecular complexity index is 803. The Morgan fingerprint density at radius 1 is 0.964 bits per heavy atom. The summed E-state index contributed by atoms with van der Waals surface area (Å²) in [6.45, 7) is 3.88. The van der Waals surface area contributed by atoms with Gasteiger partial charge in [-0.3, -0.25) is 4.79 Å². The molecule has 0 saturated heterocycles. The van der Waals surface area contributed by atoms with Crippen LogP contribution in [0.2, 0.25) is 0 Å². The van der Waals surface area contributed by atoms with Crippen LogP contribution in [0, 0.1) is 5.92 Å². The zero-order chi connectivity index (χ0) is 20.4. The first-order valence-electron chi connectivity index (χ1n) is 9.95. The van der Waals surface area contributed by atoms with Gasteiger partial charge in [0.05, 0.1) is 5.92 Å². The Labute approximate surface area is 168 Å². The highest BCUT2D eigenvalue weighted by Gasteiger charge is 2.11. The average molecular weight is 379 g/mol. The molecule has 0 heterocycles. The number of aliphatic hydroxyl groups is 1. The Hall–Kier alpha value is -2.65. The molecule has 0 bridgehead atoms. The number of rotatable bonds is 10. The van der Waals surface area contributed by atoms with Gasteiger partial charge in [-0.25, -0.2) is 0 Å². The van der Waals surface area contributed by atoms with E-state index in [9.17, 15) is 9.90 Å². The third-order valence-corrected chi connectivity index (χ3v) is 4.74.